The van der Waals surface area contributed by atoms with Gasteiger partial charge >= 0.3 is 0 Å². The molecule has 1 aliphatic rings. The highest BCUT2D eigenvalue weighted by Gasteiger charge is 2.31. The maximum absolute atomic E-state index is 13.7. The van der Waals surface area contributed by atoms with Gasteiger partial charge in [-0.25, -0.2) is 4.39 Å². The number of carbonyl (C=O) groups is 1. The summed E-state index contributed by atoms with van der Waals surface area (Å²) < 4.78 is 13.7. The molecule has 0 spiro atoms. The van der Waals surface area contributed by atoms with E-state index in [0.717, 1.165) is 24.8 Å². The summed E-state index contributed by atoms with van der Waals surface area (Å²) in [5, 5.41) is 2.84. The standard InChI is InChI=1S/C14H17FN2OS/c1-8-5-6-9(11(15)7-8)14(18)17-12-4-2-3-10(12)13(16)19/h5-7,10,12H,2-4H2,1H3,(H2,16,19)(H,17,18). The van der Waals surface area contributed by atoms with E-state index in [1.165, 1.54) is 12.1 Å². The van der Waals surface area contributed by atoms with E-state index in [4.69, 9.17) is 18.0 Å². The van der Waals surface area contributed by atoms with Gasteiger partial charge in [-0.1, -0.05) is 24.7 Å². The van der Waals surface area contributed by atoms with E-state index >= 15 is 0 Å². The number of amides is 1. The molecule has 3 N–H and O–H groups in total. The molecule has 1 amide bonds. The molecule has 3 nitrogen and oxygen atoms in total. The van der Waals surface area contributed by atoms with E-state index in [2.05, 4.69) is 5.32 Å². The van der Waals surface area contributed by atoms with Crippen LogP contribution in [0.3, 0.4) is 0 Å². The average Bonchev–Trinajstić information content (AvgIpc) is 2.76. The highest BCUT2D eigenvalue weighted by atomic mass is 32.1. The third-order valence-electron chi connectivity index (χ3n) is 3.57. The summed E-state index contributed by atoms with van der Waals surface area (Å²) in [6.45, 7) is 1.78. The molecule has 102 valence electrons. The highest BCUT2D eigenvalue weighted by Crippen LogP contribution is 2.26. The molecule has 0 saturated heterocycles. The van der Waals surface area contributed by atoms with E-state index in [1.807, 2.05) is 0 Å². The maximum atomic E-state index is 13.7. The zero-order valence-corrected chi connectivity index (χ0v) is 11.6. The molecule has 5 heteroatoms. The van der Waals surface area contributed by atoms with Crippen molar-refractivity contribution in [3.8, 4) is 0 Å². The van der Waals surface area contributed by atoms with Gasteiger partial charge in [-0.05, 0) is 37.5 Å². The Hall–Kier alpha value is -1.49. The molecule has 0 bridgehead atoms. The second kappa shape index (κ2) is 5.65. The molecule has 2 rings (SSSR count). The van der Waals surface area contributed by atoms with E-state index < -0.39 is 11.7 Å². The third kappa shape index (κ3) is 3.10. The second-order valence-electron chi connectivity index (χ2n) is 5.00. The van der Waals surface area contributed by atoms with Crippen molar-refractivity contribution in [1.82, 2.24) is 5.32 Å². The maximum Gasteiger partial charge on any atom is 0.254 e. The average molecular weight is 280 g/mol. The zero-order chi connectivity index (χ0) is 14.0. The minimum Gasteiger partial charge on any atom is -0.393 e. The second-order valence-corrected chi connectivity index (χ2v) is 5.47. The van der Waals surface area contributed by atoms with Crippen LogP contribution in [0.15, 0.2) is 18.2 Å². The Balaban J connectivity index is 2.10. The van der Waals surface area contributed by atoms with Crippen LogP contribution in [0.25, 0.3) is 0 Å². The number of aryl methyl sites for hydroxylation is 1. The number of benzene rings is 1. The van der Waals surface area contributed by atoms with Crippen molar-refractivity contribution < 1.29 is 9.18 Å². The van der Waals surface area contributed by atoms with Gasteiger partial charge in [0, 0.05) is 12.0 Å². The van der Waals surface area contributed by atoms with Gasteiger partial charge in [-0.3, -0.25) is 4.79 Å². The smallest absolute Gasteiger partial charge is 0.254 e. The Morgan fingerprint density at radius 1 is 1.47 bits per heavy atom. The summed E-state index contributed by atoms with van der Waals surface area (Å²) in [7, 11) is 0. The van der Waals surface area contributed by atoms with E-state index in [0.29, 0.717) is 4.99 Å². The molecule has 1 aromatic carbocycles. The summed E-state index contributed by atoms with van der Waals surface area (Å²) in [6.07, 6.45) is 2.70. The van der Waals surface area contributed by atoms with Gasteiger partial charge in [-0.2, -0.15) is 0 Å². The van der Waals surface area contributed by atoms with E-state index in [-0.39, 0.29) is 17.5 Å². The van der Waals surface area contributed by atoms with Crippen molar-refractivity contribution in [3.05, 3.63) is 35.1 Å². The fourth-order valence-electron chi connectivity index (χ4n) is 2.52. The largest absolute Gasteiger partial charge is 0.393 e. The number of hydrogen-bond donors (Lipinski definition) is 2. The lowest BCUT2D eigenvalue weighted by Gasteiger charge is -2.20. The van der Waals surface area contributed by atoms with Crippen molar-refractivity contribution in [1.29, 1.82) is 0 Å². The molecule has 1 aromatic rings. The van der Waals surface area contributed by atoms with Crippen LogP contribution in [-0.2, 0) is 0 Å². The zero-order valence-electron chi connectivity index (χ0n) is 10.8. The van der Waals surface area contributed by atoms with Crippen molar-refractivity contribution in [2.45, 2.75) is 32.2 Å². The lowest BCUT2D eigenvalue weighted by atomic mass is 10.0. The van der Waals surface area contributed by atoms with Gasteiger partial charge < -0.3 is 11.1 Å². The van der Waals surface area contributed by atoms with Crippen molar-refractivity contribution >= 4 is 23.1 Å². The fourth-order valence-corrected chi connectivity index (χ4v) is 2.81. The Morgan fingerprint density at radius 2 is 2.21 bits per heavy atom. The van der Waals surface area contributed by atoms with Gasteiger partial charge in [0.15, 0.2) is 0 Å². The first-order valence-electron chi connectivity index (χ1n) is 6.35. The Morgan fingerprint density at radius 3 is 2.84 bits per heavy atom. The number of thiocarbonyl (C=S) groups is 1. The van der Waals surface area contributed by atoms with Crippen molar-refractivity contribution in [2.24, 2.45) is 11.7 Å². The normalized spacial score (nSPS) is 22.2. The van der Waals surface area contributed by atoms with Gasteiger partial charge in [0.1, 0.15) is 5.82 Å². The molecular formula is C14H17FN2OS. The van der Waals surface area contributed by atoms with Crippen LogP contribution in [0.1, 0.15) is 35.2 Å². The van der Waals surface area contributed by atoms with Gasteiger partial charge in [0.05, 0.1) is 10.6 Å². The summed E-state index contributed by atoms with van der Waals surface area (Å²) in [5.41, 5.74) is 6.51. The Bertz CT molecular complexity index is 518. The van der Waals surface area contributed by atoms with Crippen LogP contribution < -0.4 is 11.1 Å². The van der Waals surface area contributed by atoms with Gasteiger partial charge in [0.25, 0.3) is 5.91 Å². The fraction of sp³-hybridized carbons (Fsp3) is 0.429. The highest BCUT2D eigenvalue weighted by molar-refractivity contribution is 7.80. The molecule has 2 unspecified atom stereocenters. The number of nitrogens with one attached hydrogen (secondary N) is 1. The summed E-state index contributed by atoms with van der Waals surface area (Å²) >= 11 is 5.00. The molecule has 0 radical (unpaired) electrons. The van der Waals surface area contributed by atoms with Crippen LogP contribution in [-0.4, -0.2) is 16.9 Å². The van der Waals surface area contributed by atoms with Crippen LogP contribution in [0, 0.1) is 18.7 Å². The monoisotopic (exact) mass is 280 g/mol. The number of nitrogens with two attached hydrogens (primary N) is 1. The molecular weight excluding hydrogens is 263 g/mol. The van der Waals surface area contributed by atoms with Crippen LogP contribution in [0.5, 0.6) is 0 Å². The number of carbonyl (C=O) groups excluding carboxylic acids is 1. The first-order valence-corrected chi connectivity index (χ1v) is 6.76. The Labute approximate surface area is 117 Å². The predicted molar refractivity (Wildman–Crippen MR) is 76.5 cm³/mol. The predicted octanol–water partition coefficient (Wildman–Crippen LogP) is 2.32. The molecule has 1 fully saturated rings. The SMILES string of the molecule is Cc1ccc(C(=O)NC2CCCC2C(N)=S)c(F)c1. The molecule has 0 aromatic heterocycles. The van der Waals surface area contributed by atoms with Crippen LogP contribution in [0.4, 0.5) is 4.39 Å². The lowest BCUT2D eigenvalue weighted by molar-refractivity contribution is 0.0929. The summed E-state index contributed by atoms with van der Waals surface area (Å²) in [5.74, 6) is -0.875. The first kappa shape index (κ1) is 13.9. The minimum absolute atomic E-state index is 0.0208. The van der Waals surface area contributed by atoms with E-state index in [9.17, 15) is 9.18 Å². The van der Waals surface area contributed by atoms with Gasteiger partial charge in [0.2, 0.25) is 0 Å². The summed E-state index contributed by atoms with van der Waals surface area (Å²) in [6, 6.07) is 4.50. The molecule has 0 heterocycles. The van der Waals surface area contributed by atoms with Crippen molar-refractivity contribution in [3.63, 3.8) is 0 Å². The van der Waals surface area contributed by atoms with Crippen LogP contribution in [0.2, 0.25) is 0 Å². The molecule has 1 saturated carbocycles. The summed E-state index contributed by atoms with van der Waals surface area (Å²) in [4.78, 5) is 12.5. The van der Waals surface area contributed by atoms with Gasteiger partial charge in [-0.15, -0.1) is 0 Å². The third-order valence-corrected chi connectivity index (χ3v) is 3.87. The topological polar surface area (TPSA) is 55.1 Å². The number of hydrogen-bond acceptors (Lipinski definition) is 2. The number of halogens is 1. The molecule has 1 aliphatic carbocycles. The van der Waals surface area contributed by atoms with E-state index in [1.54, 1.807) is 13.0 Å². The lowest BCUT2D eigenvalue weighted by Crippen LogP contribution is -2.42. The minimum atomic E-state index is -0.498. The number of rotatable bonds is 3. The van der Waals surface area contributed by atoms with Crippen LogP contribution >= 0.6 is 12.2 Å². The molecule has 0 aliphatic heterocycles. The van der Waals surface area contributed by atoms with Crippen molar-refractivity contribution in [2.75, 3.05) is 0 Å². The quantitative estimate of drug-likeness (QED) is 0.835. The Kier molecular flexibility index (Phi) is 4.14. The first-order chi connectivity index (χ1) is 8.99. The molecule has 19 heavy (non-hydrogen) atoms. The molecule has 2 atom stereocenters.